The predicted molar refractivity (Wildman–Crippen MR) is 59.9 cm³/mol. The number of nitrogens with one attached hydrogen (secondary N) is 2. The zero-order valence-corrected chi connectivity index (χ0v) is 11.7. The first-order chi connectivity index (χ1) is 6.72. The van der Waals surface area contributed by atoms with Crippen molar-refractivity contribution in [1.29, 1.82) is 0 Å². The standard InChI is InChI=1S/C10H22N4.2ClH/c1-3-5-7-13-9(11)10(12)14-8-6-4-2;;/h3-8H2,1-2H3,(H2,11,13)(H2,12,14);2*1H. The van der Waals surface area contributed by atoms with Gasteiger partial charge in [0, 0.05) is 0 Å². The Morgan fingerprint density at radius 3 is 1.38 bits per heavy atom. The Morgan fingerprint density at radius 2 is 1.12 bits per heavy atom. The van der Waals surface area contributed by atoms with E-state index in [-0.39, 0.29) is 24.8 Å². The van der Waals surface area contributed by atoms with Crippen LogP contribution in [0, 0.1) is 0 Å². The highest BCUT2D eigenvalue weighted by Crippen LogP contribution is 1.77. The maximum atomic E-state index is 5.72. The molecule has 0 radical (unpaired) electrons. The van der Waals surface area contributed by atoms with Crippen LogP contribution in [-0.4, -0.2) is 24.8 Å². The number of hydrogen-bond acceptors (Lipinski definition) is 0. The molecule has 0 aromatic heterocycles. The number of halogens is 2. The van der Waals surface area contributed by atoms with E-state index in [0.717, 1.165) is 38.8 Å². The van der Waals surface area contributed by atoms with Gasteiger partial charge in [-0.3, -0.25) is 21.5 Å². The molecule has 0 spiro atoms. The number of nitrogens with two attached hydrogens (primary N) is 2. The summed E-state index contributed by atoms with van der Waals surface area (Å²) in [7, 11) is 0. The largest absolute Gasteiger partial charge is 1.00 e. The molecule has 0 aliphatic rings. The molecular formula is C10H24Cl2N4. The van der Waals surface area contributed by atoms with E-state index in [1.54, 1.807) is 0 Å². The van der Waals surface area contributed by atoms with Gasteiger partial charge < -0.3 is 24.8 Å². The maximum absolute atomic E-state index is 5.72. The van der Waals surface area contributed by atoms with Crippen molar-refractivity contribution in [3.05, 3.63) is 0 Å². The molecule has 0 amide bonds. The Balaban J connectivity index is -0.000000845. The summed E-state index contributed by atoms with van der Waals surface area (Å²) in [4.78, 5) is 6.16. The highest BCUT2D eigenvalue weighted by atomic mass is 35.5. The van der Waals surface area contributed by atoms with E-state index in [1.165, 1.54) is 0 Å². The zero-order chi connectivity index (χ0) is 10.8. The first-order valence-electron chi connectivity index (χ1n) is 5.45. The van der Waals surface area contributed by atoms with E-state index >= 15 is 0 Å². The van der Waals surface area contributed by atoms with Crippen LogP contribution >= 0.6 is 0 Å². The SMILES string of the molecule is CCCC[NH+]=C(N)C(N)=[NH+]CCCC.[Cl-].[Cl-]. The summed E-state index contributed by atoms with van der Waals surface area (Å²) in [6.45, 7) is 6.06. The highest BCUT2D eigenvalue weighted by Gasteiger charge is 2.09. The van der Waals surface area contributed by atoms with E-state index in [9.17, 15) is 0 Å². The van der Waals surface area contributed by atoms with Gasteiger partial charge in [-0.15, -0.1) is 0 Å². The van der Waals surface area contributed by atoms with Gasteiger partial charge in [-0.1, -0.05) is 26.7 Å². The Kier molecular flexibility index (Phi) is 18.9. The van der Waals surface area contributed by atoms with Crippen molar-refractivity contribution in [2.45, 2.75) is 39.5 Å². The summed E-state index contributed by atoms with van der Waals surface area (Å²) < 4.78 is 0. The quantitative estimate of drug-likeness (QED) is 0.220. The minimum absolute atomic E-state index is 0. The van der Waals surface area contributed by atoms with Gasteiger partial charge in [-0.2, -0.15) is 0 Å². The molecule has 0 aromatic carbocycles. The van der Waals surface area contributed by atoms with Gasteiger partial charge in [0.2, 0.25) is 0 Å². The second-order valence-electron chi connectivity index (χ2n) is 3.39. The summed E-state index contributed by atoms with van der Waals surface area (Å²) in [5, 5.41) is 0. The number of hydrogen-bond donors (Lipinski definition) is 4. The van der Waals surface area contributed by atoms with Crippen LogP contribution in [0.1, 0.15) is 39.5 Å². The molecule has 0 aromatic rings. The molecule has 0 saturated carbocycles. The van der Waals surface area contributed by atoms with Crippen LogP contribution in [-0.2, 0) is 0 Å². The molecule has 0 saturated heterocycles. The lowest BCUT2D eigenvalue weighted by molar-refractivity contribution is -0.473. The molecular weight excluding hydrogens is 247 g/mol. The molecule has 0 heterocycles. The Bertz CT molecular complexity index is 183. The molecule has 6 heteroatoms. The topological polar surface area (TPSA) is 80.0 Å². The van der Waals surface area contributed by atoms with Gasteiger partial charge in [-0.05, 0) is 12.8 Å². The number of unbranched alkanes of at least 4 members (excludes halogenated alkanes) is 2. The van der Waals surface area contributed by atoms with Crippen LogP contribution in [0.25, 0.3) is 0 Å². The Labute approximate surface area is 111 Å². The fourth-order valence-corrected chi connectivity index (χ4v) is 0.990. The molecule has 16 heavy (non-hydrogen) atoms. The molecule has 0 atom stereocenters. The minimum atomic E-state index is 0. The van der Waals surface area contributed by atoms with Crippen LogP contribution in [0.4, 0.5) is 0 Å². The van der Waals surface area contributed by atoms with Crippen LogP contribution in [0.5, 0.6) is 0 Å². The van der Waals surface area contributed by atoms with Gasteiger partial charge in [0.25, 0.3) is 0 Å². The molecule has 0 rings (SSSR count). The van der Waals surface area contributed by atoms with Crippen LogP contribution in [0.2, 0.25) is 0 Å². The van der Waals surface area contributed by atoms with E-state index in [0.29, 0.717) is 11.7 Å². The van der Waals surface area contributed by atoms with E-state index in [1.807, 2.05) is 0 Å². The lowest BCUT2D eigenvalue weighted by Gasteiger charge is -1.91. The third kappa shape index (κ3) is 11.6. The van der Waals surface area contributed by atoms with Crippen molar-refractivity contribution < 1.29 is 34.8 Å². The summed E-state index contributed by atoms with van der Waals surface area (Å²) >= 11 is 0. The van der Waals surface area contributed by atoms with Crippen molar-refractivity contribution in [2.75, 3.05) is 13.1 Å². The molecule has 0 fully saturated rings. The first-order valence-corrected chi connectivity index (χ1v) is 5.45. The van der Waals surface area contributed by atoms with Crippen LogP contribution in [0.15, 0.2) is 0 Å². The average Bonchev–Trinajstić information content (AvgIpc) is 2.18. The number of amidine groups is 2. The fourth-order valence-electron chi connectivity index (χ4n) is 0.990. The van der Waals surface area contributed by atoms with Crippen molar-refractivity contribution in [2.24, 2.45) is 11.5 Å². The summed E-state index contributed by atoms with van der Waals surface area (Å²) in [5.41, 5.74) is 11.4. The van der Waals surface area contributed by atoms with Crippen molar-refractivity contribution in [1.82, 2.24) is 0 Å². The van der Waals surface area contributed by atoms with Crippen LogP contribution < -0.4 is 46.3 Å². The van der Waals surface area contributed by atoms with Crippen molar-refractivity contribution in [3.8, 4) is 0 Å². The van der Waals surface area contributed by atoms with E-state index in [4.69, 9.17) is 11.5 Å². The maximum Gasteiger partial charge on any atom is 0.355 e. The van der Waals surface area contributed by atoms with Crippen molar-refractivity contribution >= 4 is 11.7 Å². The van der Waals surface area contributed by atoms with Crippen molar-refractivity contribution in [3.63, 3.8) is 0 Å². The highest BCUT2D eigenvalue weighted by molar-refractivity contribution is 6.34. The third-order valence-electron chi connectivity index (χ3n) is 1.98. The van der Waals surface area contributed by atoms with E-state index in [2.05, 4.69) is 23.8 Å². The Hall–Kier alpha value is -0.480. The molecule has 0 aliphatic heterocycles. The third-order valence-corrected chi connectivity index (χ3v) is 1.98. The van der Waals surface area contributed by atoms with Gasteiger partial charge in [-0.25, -0.2) is 0 Å². The van der Waals surface area contributed by atoms with Gasteiger partial charge in [0.15, 0.2) is 0 Å². The minimum Gasteiger partial charge on any atom is -1.00 e. The lowest BCUT2D eigenvalue weighted by Crippen LogP contribution is -3.00. The predicted octanol–water partition coefficient (Wildman–Crippen LogP) is -8.53. The van der Waals surface area contributed by atoms with Gasteiger partial charge in [0.05, 0.1) is 13.1 Å². The molecule has 4 nitrogen and oxygen atoms in total. The monoisotopic (exact) mass is 270 g/mol. The second-order valence-corrected chi connectivity index (χ2v) is 3.39. The summed E-state index contributed by atoms with van der Waals surface area (Å²) in [6.07, 6.45) is 4.54. The lowest BCUT2D eigenvalue weighted by atomic mass is 10.3. The first kappa shape index (κ1) is 20.9. The number of rotatable bonds is 6. The smallest absolute Gasteiger partial charge is 0.355 e. The fraction of sp³-hybridized carbons (Fsp3) is 0.800. The van der Waals surface area contributed by atoms with Crippen LogP contribution in [0.3, 0.4) is 0 Å². The van der Waals surface area contributed by atoms with Gasteiger partial charge in [0.1, 0.15) is 0 Å². The average molecular weight is 271 g/mol. The molecule has 6 N–H and O–H groups in total. The molecule has 98 valence electrons. The Morgan fingerprint density at radius 1 is 0.812 bits per heavy atom. The summed E-state index contributed by atoms with van der Waals surface area (Å²) in [6, 6.07) is 0. The summed E-state index contributed by atoms with van der Waals surface area (Å²) in [5.74, 6) is 1.13. The molecule has 0 unspecified atom stereocenters. The zero-order valence-electron chi connectivity index (χ0n) is 10.2. The normalized spacial score (nSPS) is 11.6. The van der Waals surface area contributed by atoms with E-state index < -0.39 is 0 Å². The molecule has 0 aliphatic carbocycles. The second kappa shape index (κ2) is 14.5. The molecule has 0 bridgehead atoms. The van der Waals surface area contributed by atoms with Gasteiger partial charge >= 0.3 is 11.7 Å².